The highest BCUT2D eigenvalue weighted by Gasteiger charge is 2.30. The van der Waals surface area contributed by atoms with Gasteiger partial charge in [0.15, 0.2) is 5.78 Å². The number of aromatic hydroxyl groups is 1. The molecule has 1 fully saturated rings. The van der Waals surface area contributed by atoms with E-state index in [-0.39, 0.29) is 11.5 Å². The van der Waals surface area contributed by atoms with Crippen molar-refractivity contribution in [2.75, 3.05) is 19.6 Å². The Morgan fingerprint density at radius 1 is 1.00 bits per heavy atom. The molecule has 2 aromatic rings. The van der Waals surface area contributed by atoms with Gasteiger partial charge in [-0.2, -0.15) is 0 Å². The van der Waals surface area contributed by atoms with E-state index in [1.165, 1.54) is 57.8 Å². The molecule has 1 unspecified atom stereocenters. The molecule has 1 atom stereocenters. The number of hydrogen-bond donors (Lipinski definition) is 2. The van der Waals surface area contributed by atoms with Crippen LogP contribution in [0.4, 0.5) is 0 Å². The van der Waals surface area contributed by atoms with Crippen LogP contribution in [-0.2, 0) is 6.42 Å². The monoisotopic (exact) mass is 409 g/mol. The van der Waals surface area contributed by atoms with Crippen molar-refractivity contribution in [1.82, 2.24) is 4.90 Å². The predicted molar refractivity (Wildman–Crippen MR) is 118 cm³/mol. The number of likely N-dealkylation sites (tertiary alicyclic amines) is 1. The SMILES string of the molecule is O=C1c2c(oc(-c3ccc(O)cc3)c2CCCCCCN2CCCCC2)C=CC1O. The zero-order valence-corrected chi connectivity index (χ0v) is 17.5. The first-order chi connectivity index (χ1) is 14.6. The molecule has 5 nitrogen and oxygen atoms in total. The number of carbonyl (C=O) groups is 1. The minimum absolute atomic E-state index is 0.191. The highest BCUT2D eigenvalue weighted by Crippen LogP contribution is 2.37. The number of hydrogen-bond acceptors (Lipinski definition) is 5. The van der Waals surface area contributed by atoms with Crippen LogP contribution in [0.2, 0.25) is 0 Å². The summed E-state index contributed by atoms with van der Waals surface area (Å²) in [5, 5.41) is 19.6. The molecule has 0 saturated carbocycles. The van der Waals surface area contributed by atoms with Crippen molar-refractivity contribution >= 4 is 11.9 Å². The summed E-state index contributed by atoms with van der Waals surface area (Å²) in [6.07, 6.45) is 11.3. The van der Waals surface area contributed by atoms with Gasteiger partial charge in [-0.3, -0.25) is 4.79 Å². The number of carbonyl (C=O) groups excluding carboxylic acids is 1. The molecule has 1 aromatic heterocycles. The minimum atomic E-state index is -1.11. The van der Waals surface area contributed by atoms with Crippen LogP contribution >= 0.6 is 0 Å². The first kappa shape index (κ1) is 20.9. The fourth-order valence-electron chi connectivity index (χ4n) is 4.54. The number of benzene rings is 1. The molecule has 5 heteroatoms. The number of Topliss-reactive ketones (excluding diaryl/α,β-unsaturated/α-hetero) is 1. The number of aliphatic hydroxyl groups excluding tert-OH is 1. The second kappa shape index (κ2) is 9.63. The molecular weight excluding hydrogens is 378 g/mol. The third kappa shape index (κ3) is 4.68. The maximum Gasteiger partial charge on any atom is 0.199 e. The van der Waals surface area contributed by atoms with Crippen LogP contribution in [0, 0.1) is 0 Å². The Hall–Kier alpha value is -2.37. The molecule has 0 bridgehead atoms. The van der Waals surface area contributed by atoms with Gasteiger partial charge < -0.3 is 19.5 Å². The lowest BCUT2D eigenvalue weighted by Crippen LogP contribution is -2.30. The fourth-order valence-corrected chi connectivity index (χ4v) is 4.54. The van der Waals surface area contributed by atoms with E-state index in [1.54, 1.807) is 30.3 Å². The molecular formula is C25H31NO4. The summed E-state index contributed by atoms with van der Waals surface area (Å²) in [5.41, 5.74) is 2.22. The molecule has 2 N–H and O–H groups in total. The Morgan fingerprint density at radius 3 is 2.50 bits per heavy atom. The molecule has 4 rings (SSSR count). The molecule has 2 heterocycles. The zero-order valence-electron chi connectivity index (χ0n) is 17.5. The second-order valence-corrected chi connectivity index (χ2v) is 8.43. The van der Waals surface area contributed by atoms with Crippen molar-refractivity contribution in [3.8, 4) is 17.1 Å². The molecule has 0 spiro atoms. The van der Waals surface area contributed by atoms with Crippen LogP contribution in [0.5, 0.6) is 5.75 Å². The molecule has 2 aliphatic rings. The standard InChI is InChI=1S/C25H31NO4/c27-19-11-9-18(10-12-19)25-20(23-22(30-25)14-13-21(28)24(23)29)8-4-1-2-5-15-26-16-6-3-7-17-26/h9-14,21,27-28H,1-8,15-17H2. The third-order valence-electron chi connectivity index (χ3n) is 6.21. The van der Waals surface area contributed by atoms with Gasteiger partial charge in [0.05, 0.1) is 5.56 Å². The molecule has 1 aliphatic carbocycles. The molecule has 1 aliphatic heterocycles. The van der Waals surface area contributed by atoms with E-state index < -0.39 is 6.10 Å². The number of fused-ring (bicyclic) bond motifs is 1. The molecule has 0 amide bonds. The lowest BCUT2D eigenvalue weighted by molar-refractivity contribution is 0.0816. The van der Waals surface area contributed by atoms with Crippen LogP contribution in [-0.4, -0.2) is 46.6 Å². The summed E-state index contributed by atoms with van der Waals surface area (Å²) >= 11 is 0. The van der Waals surface area contributed by atoms with Crippen LogP contribution in [0.1, 0.15) is 66.6 Å². The van der Waals surface area contributed by atoms with E-state index >= 15 is 0 Å². The van der Waals surface area contributed by atoms with Crippen LogP contribution in [0.3, 0.4) is 0 Å². The Kier molecular flexibility index (Phi) is 6.70. The van der Waals surface area contributed by atoms with Gasteiger partial charge in [-0.1, -0.05) is 19.3 Å². The predicted octanol–water partition coefficient (Wildman–Crippen LogP) is 4.81. The van der Waals surface area contributed by atoms with Crippen LogP contribution in [0.15, 0.2) is 34.8 Å². The molecule has 160 valence electrons. The fraction of sp³-hybridized carbons (Fsp3) is 0.480. The van der Waals surface area contributed by atoms with Gasteiger partial charge in [0.1, 0.15) is 23.4 Å². The highest BCUT2D eigenvalue weighted by atomic mass is 16.3. The van der Waals surface area contributed by atoms with E-state index in [0.717, 1.165) is 30.4 Å². The van der Waals surface area contributed by atoms with Gasteiger partial charge in [0, 0.05) is 11.1 Å². The number of piperidine rings is 1. The van der Waals surface area contributed by atoms with Crippen molar-refractivity contribution < 1.29 is 19.4 Å². The first-order valence-corrected chi connectivity index (χ1v) is 11.2. The normalized spacial score (nSPS) is 19.2. The topological polar surface area (TPSA) is 73.9 Å². The Morgan fingerprint density at radius 2 is 1.73 bits per heavy atom. The smallest absolute Gasteiger partial charge is 0.199 e. The van der Waals surface area contributed by atoms with Crippen LogP contribution < -0.4 is 0 Å². The Labute approximate surface area is 178 Å². The molecule has 1 saturated heterocycles. The van der Waals surface area contributed by atoms with Crippen molar-refractivity contribution in [1.29, 1.82) is 0 Å². The number of ketones is 1. The number of unbranched alkanes of at least 4 members (excludes halogenated alkanes) is 3. The maximum absolute atomic E-state index is 12.6. The first-order valence-electron chi connectivity index (χ1n) is 11.2. The van der Waals surface area contributed by atoms with Gasteiger partial charge >= 0.3 is 0 Å². The van der Waals surface area contributed by atoms with Gasteiger partial charge in [0.25, 0.3) is 0 Å². The second-order valence-electron chi connectivity index (χ2n) is 8.43. The molecule has 30 heavy (non-hydrogen) atoms. The minimum Gasteiger partial charge on any atom is -0.508 e. The average molecular weight is 410 g/mol. The van der Waals surface area contributed by atoms with Crippen molar-refractivity contribution in [3.05, 3.63) is 47.2 Å². The number of nitrogens with zero attached hydrogens (tertiary/aromatic N) is 1. The number of phenolic OH excluding ortho intramolecular Hbond substituents is 1. The zero-order chi connectivity index (χ0) is 20.9. The molecule has 0 radical (unpaired) electrons. The lowest BCUT2D eigenvalue weighted by atomic mass is 9.92. The number of furan rings is 1. The van der Waals surface area contributed by atoms with E-state index in [1.807, 2.05) is 0 Å². The Bertz CT molecular complexity index is 891. The van der Waals surface area contributed by atoms with Gasteiger partial charge in [-0.15, -0.1) is 0 Å². The highest BCUT2D eigenvalue weighted by molar-refractivity contribution is 6.07. The summed E-state index contributed by atoms with van der Waals surface area (Å²) in [6.45, 7) is 3.68. The van der Waals surface area contributed by atoms with E-state index in [4.69, 9.17) is 4.42 Å². The average Bonchev–Trinajstić information content (AvgIpc) is 3.13. The van der Waals surface area contributed by atoms with Gasteiger partial charge in [-0.05, 0) is 88.2 Å². The van der Waals surface area contributed by atoms with E-state index in [2.05, 4.69) is 4.90 Å². The van der Waals surface area contributed by atoms with Crippen molar-refractivity contribution in [3.63, 3.8) is 0 Å². The van der Waals surface area contributed by atoms with E-state index in [9.17, 15) is 15.0 Å². The summed E-state index contributed by atoms with van der Waals surface area (Å²) in [5.74, 6) is 1.09. The lowest BCUT2D eigenvalue weighted by Gasteiger charge is -2.26. The molecule has 1 aromatic carbocycles. The van der Waals surface area contributed by atoms with E-state index in [0.29, 0.717) is 17.1 Å². The largest absolute Gasteiger partial charge is 0.508 e. The Balaban J connectivity index is 1.42. The summed E-state index contributed by atoms with van der Waals surface area (Å²) < 4.78 is 6.03. The van der Waals surface area contributed by atoms with Gasteiger partial charge in [0.2, 0.25) is 0 Å². The third-order valence-corrected chi connectivity index (χ3v) is 6.21. The summed E-state index contributed by atoms with van der Waals surface area (Å²) in [6, 6.07) is 6.83. The quantitative estimate of drug-likeness (QED) is 0.612. The van der Waals surface area contributed by atoms with Crippen LogP contribution in [0.25, 0.3) is 17.4 Å². The number of phenols is 1. The summed E-state index contributed by atoms with van der Waals surface area (Å²) in [4.78, 5) is 15.2. The van der Waals surface area contributed by atoms with Gasteiger partial charge in [-0.25, -0.2) is 0 Å². The summed E-state index contributed by atoms with van der Waals surface area (Å²) in [7, 11) is 0. The van der Waals surface area contributed by atoms with Crippen molar-refractivity contribution in [2.45, 2.75) is 57.5 Å². The van der Waals surface area contributed by atoms with Crippen molar-refractivity contribution in [2.24, 2.45) is 0 Å². The number of aliphatic hydroxyl groups is 1. The number of rotatable bonds is 8. The maximum atomic E-state index is 12.6.